The zero-order valence-corrected chi connectivity index (χ0v) is 8.82. The fourth-order valence-electron chi connectivity index (χ4n) is 1.72. The first-order chi connectivity index (χ1) is 7.81. The number of nitrogen functional groups attached to an aromatic ring is 1. The molecule has 5 nitrogen and oxygen atoms in total. The Labute approximate surface area is 95.2 Å². The summed E-state index contributed by atoms with van der Waals surface area (Å²) in [4.78, 5) is 0. The first-order valence-electron chi connectivity index (χ1n) is 4.61. The number of furan rings is 1. The fourth-order valence-corrected chi connectivity index (χ4v) is 1.89. The lowest BCUT2D eigenvalue weighted by atomic mass is 10.2. The van der Waals surface area contributed by atoms with Gasteiger partial charge in [-0.2, -0.15) is 0 Å². The minimum absolute atomic E-state index is 0.227. The Hall–Kier alpha value is -1.85. The van der Waals surface area contributed by atoms with Gasteiger partial charge in [-0.05, 0) is 6.07 Å². The summed E-state index contributed by atoms with van der Waals surface area (Å²) >= 11 is 5.92. The van der Waals surface area contributed by atoms with Crippen molar-refractivity contribution in [3.8, 4) is 0 Å². The van der Waals surface area contributed by atoms with Crippen molar-refractivity contribution in [2.24, 2.45) is 5.84 Å². The third-order valence-corrected chi connectivity index (χ3v) is 2.64. The molecular weight excluding hydrogens is 228 g/mol. The predicted molar refractivity (Wildman–Crippen MR) is 62.1 cm³/mol. The van der Waals surface area contributed by atoms with Gasteiger partial charge in [0, 0.05) is 5.39 Å². The largest absolute Gasteiger partial charge is 0.453 e. The van der Waals surface area contributed by atoms with Gasteiger partial charge in [0.25, 0.3) is 0 Å². The van der Waals surface area contributed by atoms with Crippen molar-refractivity contribution in [1.82, 2.24) is 10.2 Å². The molecule has 0 radical (unpaired) electrons. The number of anilines is 1. The fraction of sp³-hybridized carbons (Fsp3) is 0. The van der Waals surface area contributed by atoms with E-state index < -0.39 is 0 Å². The second-order valence-corrected chi connectivity index (χ2v) is 3.64. The number of hydrogen-bond acceptors (Lipinski definition) is 5. The van der Waals surface area contributed by atoms with E-state index in [0.29, 0.717) is 11.4 Å². The maximum atomic E-state index is 5.92. The molecule has 3 N–H and O–H groups in total. The standard InChI is InChI=1S/C10H7ClN4O/c11-9-8-7(10(13-12)15-14-9)5-3-1-2-4-6(5)16-8/h1-4H,12H2,(H,13,15). The number of aromatic nitrogens is 2. The van der Waals surface area contributed by atoms with Crippen molar-refractivity contribution in [2.45, 2.75) is 0 Å². The molecule has 16 heavy (non-hydrogen) atoms. The van der Waals surface area contributed by atoms with Crippen LogP contribution in [0, 0.1) is 0 Å². The quantitative estimate of drug-likeness (QED) is 0.499. The third kappa shape index (κ3) is 1.16. The molecule has 0 unspecified atom stereocenters. The van der Waals surface area contributed by atoms with Gasteiger partial charge in [-0.25, -0.2) is 5.84 Å². The van der Waals surface area contributed by atoms with Gasteiger partial charge in [-0.1, -0.05) is 29.8 Å². The van der Waals surface area contributed by atoms with E-state index >= 15 is 0 Å². The summed E-state index contributed by atoms with van der Waals surface area (Å²) in [5.74, 6) is 5.83. The van der Waals surface area contributed by atoms with Crippen molar-refractivity contribution < 1.29 is 4.42 Å². The SMILES string of the molecule is NNc1nnc(Cl)c2oc3ccccc3c12. The molecule has 0 saturated heterocycles. The molecule has 2 aromatic heterocycles. The van der Waals surface area contributed by atoms with E-state index in [2.05, 4.69) is 15.6 Å². The molecular formula is C10H7ClN4O. The first kappa shape index (κ1) is 9.38. The minimum atomic E-state index is 0.227. The Morgan fingerprint density at radius 2 is 2.06 bits per heavy atom. The number of halogens is 1. The molecule has 3 aromatic rings. The molecule has 0 aliphatic heterocycles. The number of nitrogens with one attached hydrogen (secondary N) is 1. The molecule has 0 bridgehead atoms. The van der Waals surface area contributed by atoms with Gasteiger partial charge in [-0.3, -0.25) is 0 Å². The van der Waals surface area contributed by atoms with Crippen LogP contribution >= 0.6 is 11.6 Å². The lowest BCUT2D eigenvalue weighted by molar-refractivity contribution is 0.665. The van der Waals surface area contributed by atoms with Crippen LogP contribution < -0.4 is 11.3 Å². The van der Waals surface area contributed by atoms with E-state index in [1.807, 2.05) is 24.3 Å². The van der Waals surface area contributed by atoms with E-state index in [9.17, 15) is 0 Å². The molecule has 0 aliphatic rings. The van der Waals surface area contributed by atoms with E-state index in [4.69, 9.17) is 21.9 Å². The first-order valence-corrected chi connectivity index (χ1v) is 4.99. The summed E-state index contributed by atoms with van der Waals surface area (Å²) in [6.07, 6.45) is 0. The van der Waals surface area contributed by atoms with Crippen LogP contribution in [0.15, 0.2) is 28.7 Å². The molecule has 2 heterocycles. The molecule has 0 amide bonds. The van der Waals surface area contributed by atoms with E-state index in [1.54, 1.807) is 0 Å². The van der Waals surface area contributed by atoms with Crippen molar-refractivity contribution >= 4 is 39.4 Å². The second kappa shape index (κ2) is 3.33. The van der Waals surface area contributed by atoms with Crippen LogP contribution in [0.25, 0.3) is 21.9 Å². The van der Waals surface area contributed by atoms with Gasteiger partial charge in [0.05, 0.1) is 5.39 Å². The van der Waals surface area contributed by atoms with Gasteiger partial charge >= 0.3 is 0 Å². The van der Waals surface area contributed by atoms with Gasteiger partial charge in [-0.15, -0.1) is 10.2 Å². The normalized spacial score (nSPS) is 11.1. The Kier molecular flexibility index (Phi) is 1.95. The molecule has 0 spiro atoms. The highest BCUT2D eigenvalue weighted by molar-refractivity contribution is 6.35. The lowest BCUT2D eigenvalue weighted by Gasteiger charge is -1.99. The Morgan fingerprint density at radius 1 is 1.25 bits per heavy atom. The number of para-hydroxylation sites is 1. The van der Waals surface area contributed by atoms with E-state index in [0.717, 1.165) is 16.4 Å². The average Bonchev–Trinajstić information content (AvgIpc) is 2.70. The zero-order valence-electron chi connectivity index (χ0n) is 8.07. The number of hydrogen-bond donors (Lipinski definition) is 2. The average molecular weight is 235 g/mol. The van der Waals surface area contributed by atoms with Crippen molar-refractivity contribution in [3.05, 3.63) is 29.4 Å². The van der Waals surface area contributed by atoms with Crippen LogP contribution in [0.5, 0.6) is 0 Å². The number of benzene rings is 1. The molecule has 1 aromatic carbocycles. The van der Waals surface area contributed by atoms with Gasteiger partial charge in [0.2, 0.25) is 0 Å². The molecule has 0 fully saturated rings. The maximum absolute atomic E-state index is 5.92. The number of nitrogens with zero attached hydrogens (tertiary/aromatic N) is 2. The number of rotatable bonds is 1. The van der Waals surface area contributed by atoms with Crippen LogP contribution in [0.3, 0.4) is 0 Å². The maximum Gasteiger partial charge on any atom is 0.195 e. The highest BCUT2D eigenvalue weighted by Crippen LogP contribution is 2.34. The van der Waals surface area contributed by atoms with Gasteiger partial charge in [0.1, 0.15) is 5.58 Å². The number of fused-ring (bicyclic) bond motifs is 3. The van der Waals surface area contributed by atoms with E-state index in [-0.39, 0.29) is 5.15 Å². The Morgan fingerprint density at radius 3 is 2.88 bits per heavy atom. The van der Waals surface area contributed by atoms with Crippen LogP contribution in [0.1, 0.15) is 0 Å². The topological polar surface area (TPSA) is 77.0 Å². The summed E-state index contributed by atoms with van der Waals surface area (Å²) in [6.45, 7) is 0. The smallest absolute Gasteiger partial charge is 0.195 e. The summed E-state index contributed by atoms with van der Waals surface area (Å²) in [5, 5.41) is 9.50. The number of nitrogens with two attached hydrogens (primary N) is 1. The molecule has 0 saturated carbocycles. The summed E-state index contributed by atoms with van der Waals surface area (Å²) in [7, 11) is 0. The van der Waals surface area contributed by atoms with Crippen LogP contribution in [-0.2, 0) is 0 Å². The molecule has 80 valence electrons. The number of hydrazine groups is 1. The van der Waals surface area contributed by atoms with Gasteiger partial charge in [0.15, 0.2) is 16.6 Å². The lowest BCUT2D eigenvalue weighted by Crippen LogP contribution is -2.09. The summed E-state index contributed by atoms with van der Waals surface area (Å²) in [6, 6.07) is 7.56. The van der Waals surface area contributed by atoms with Crippen molar-refractivity contribution in [1.29, 1.82) is 0 Å². The summed E-state index contributed by atoms with van der Waals surface area (Å²) < 4.78 is 5.60. The van der Waals surface area contributed by atoms with Gasteiger partial charge < -0.3 is 9.84 Å². The zero-order chi connectivity index (χ0) is 11.1. The minimum Gasteiger partial charge on any atom is -0.453 e. The molecule has 6 heteroatoms. The predicted octanol–water partition coefficient (Wildman–Crippen LogP) is 2.32. The molecule has 3 rings (SSSR count). The van der Waals surface area contributed by atoms with Crippen LogP contribution in [0.2, 0.25) is 5.15 Å². The van der Waals surface area contributed by atoms with Crippen molar-refractivity contribution in [3.63, 3.8) is 0 Å². The van der Waals surface area contributed by atoms with Crippen molar-refractivity contribution in [2.75, 3.05) is 5.43 Å². The van der Waals surface area contributed by atoms with E-state index in [1.165, 1.54) is 0 Å². The van der Waals surface area contributed by atoms with Crippen LogP contribution in [-0.4, -0.2) is 10.2 Å². The highest BCUT2D eigenvalue weighted by Gasteiger charge is 2.15. The summed E-state index contributed by atoms with van der Waals surface area (Å²) in [5.41, 5.74) is 3.70. The Balaban J connectivity index is 2.59. The molecule has 0 aliphatic carbocycles. The monoisotopic (exact) mass is 234 g/mol. The Bertz CT molecular complexity index is 679. The molecule has 0 atom stereocenters. The third-order valence-electron chi connectivity index (χ3n) is 2.39. The van der Waals surface area contributed by atoms with Crippen LogP contribution in [0.4, 0.5) is 5.82 Å². The second-order valence-electron chi connectivity index (χ2n) is 3.29. The highest BCUT2D eigenvalue weighted by atomic mass is 35.5.